The fourth-order valence-corrected chi connectivity index (χ4v) is 2.09. The summed E-state index contributed by atoms with van der Waals surface area (Å²) in [7, 11) is 0. The molecule has 1 aromatic carbocycles. The van der Waals surface area contributed by atoms with E-state index in [1.807, 2.05) is 49.0 Å². The number of hydrogen-bond donors (Lipinski definition) is 1. The van der Waals surface area contributed by atoms with Crippen LogP contribution in [0.5, 0.6) is 0 Å². The van der Waals surface area contributed by atoms with Crippen LogP contribution in [0.1, 0.15) is 19.4 Å². The average Bonchev–Trinajstić information content (AvgIpc) is 3.02. The molecule has 1 aromatic heterocycles. The van der Waals surface area contributed by atoms with Crippen LogP contribution in [0.2, 0.25) is 0 Å². The van der Waals surface area contributed by atoms with Gasteiger partial charge in [-0.25, -0.2) is 4.68 Å². The van der Waals surface area contributed by atoms with Crippen molar-refractivity contribution in [3.8, 4) is 5.69 Å². The average molecular weight is 287 g/mol. The minimum Gasteiger partial charge on any atom is -0.466 e. The molecule has 0 amide bonds. The summed E-state index contributed by atoms with van der Waals surface area (Å²) in [6, 6.07) is 9.96. The number of carbonyl (C=O) groups is 1. The lowest BCUT2D eigenvalue weighted by molar-refractivity contribution is -0.147. The van der Waals surface area contributed by atoms with E-state index in [1.165, 1.54) is 0 Å². The second-order valence-electron chi connectivity index (χ2n) is 4.86. The first kappa shape index (κ1) is 15.3. The standard InChI is InChI=1S/C16H21N3O2/c1-3-21-16(20)13(2)11-17-12-14-7-4-5-8-15(14)19-10-6-9-18-19/h4-10,13,17H,3,11-12H2,1-2H3. The number of carbonyl (C=O) groups excluding carboxylic acids is 1. The molecule has 112 valence electrons. The first-order valence-corrected chi connectivity index (χ1v) is 7.17. The fourth-order valence-electron chi connectivity index (χ4n) is 2.09. The molecule has 0 aliphatic carbocycles. The Labute approximate surface area is 124 Å². The predicted molar refractivity (Wildman–Crippen MR) is 81.1 cm³/mol. The van der Waals surface area contributed by atoms with Crippen LogP contribution in [0.3, 0.4) is 0 Å². The third kappa shape index (κ3) is 4.16. The number of rotatable bonds is 7. The van der Waals surface area contributed by atoms with Crippen molar-refractivity contribution in [2.24, 2.45) is 5.92 Å². The SMILES string of the molecule is CCOC(=O)C(C)CNCc1ccccc1-n1cccn1. The quantitative estimate of drug-likeness (QED) is 0.793. The fraction of sp³-hybridized carbons (Fsp3) is 0.375. The summed E-state index contributed by atoms with van der Waals surface area (Å²) >= 11 is 0. The van der Waals surface area contributed by atoms with Gasteiger partial charge in [0.25, 0.3) is 0 Å². The lowest BCUT2D eigenvalue weighted by Gasteiger charge is -2.13. The number of hydrogen-bond acceptors (Lipinski definition) is 4. The minimum absolute atomic E-state index is 0.151. The molecule has 21 heavy (non-hydrogen) atoms. The van der Waals surface area contributed by atoms with Crippen molar-refractivity contribution in [1.29, 1.82) is 0 Å². The van der Waals surface area contributed by atoms with E-state index >= 15 is 0 Å². The first-order valence-electron chi connectivity index (χ1n) is 7.17. The van der Waals surface area contributed by atoms with Gasteiger partial charge in [0, 0.05) is 25.5 Å². The third-order valence-corrected chi connectivity index (χ3v) is 3.20. The van der Waals surface area contributed by atoms with Gasteiger partial charge in [0.05, 0.1) is 18.2 Å². The number of aromatic nitrogens is 2. The molecular weight excluding hydrogens is 266 g/mol. The van der Waals surface area contributed by atoms with E-state index in [-0.39, 0.29) is 11.9 Å². The summed E-state index contributed by atoms with van der Waals surface area (Å²) < 4.78 is 6.84. The Bertz CT molecular complexity index is 567. The normalized spacial score (nSPS) is 12.1. The molecule has 0 aliphatic rings. The number of para-hydroxylation sites is 1. The van der Waals surface area contributed by atoms with Gasteiger partial charge >= 0.3 is 5.97 Å². The lowest BCUT2D eigenvalue weighted by Crippen LogP contribution is -2.28. The first-order chi connectivity index (χ1) is 10.2. The number of ether oxygens (including phenoxy) is 1. The Balaban J connectivity index is 1.94. The molecule has 1 heterocycles. The smallest absolute Gasteiger partial charge is 0.309 e. The van der Waals surface area contributed by atoms with Crippen molar-refractivity contribution < 1.29 is 9.53 Å². The van der Waals surface area contributed by atoms with Gasteiger partial charge in [-0.1, -0.05) is 25.1 Å². The topological polar surface area (TPSA) is 56.1 Å². The Morgan fingerprint density at radius 2 is 2.19 bits per heavy atom. The van der Waals surface area contributed by atoms with Gasteiger partial charge in [-0.15, -0.1) is 0 Å². The van der Waals surface area contributed by atoms with Gasteiger partial charge < -0.3 is 10.1 Å². The molecule has 1 N–H and O–H groups in total. The van der Waals surface area contributed by atoms with E-state index in [1.54, 1.807) is 6.20 Å². The number of nitrogens with zero attached hydrogens (tertiary/aromatic N) is 2. The van der Waals surface area contributed by atoms with E-state index in [0.717, 1.165) is 11.3 Å². The highest BCUT2D eigenvalue weighted by Crippen LogP contribution is 2.13. The van der Waals surface area contributed by atoms with Crippen LogP contribution in [0, 0.1) is 5.92 Å². The van der Waals surface area contributed by atoms with Gasteiger partial charge in [-0.2, -0.15) is 5.10 Å². The molecule has 0 bridgehead atoms. The highest BCUT2D eigenvalue weighted by molar-refractivity contribution is 5.72. The summed E-state index contributed by atoms with van der Waals surface area (Å²) in [4.78, 5) is 11.6. The summed E-state index contributed by atoms with van der Waals surface area (Å²) in [6.45, 7) is 5.38. The summed E-state index contributed by atoms with van der Waals surface area (Å²) in [5.74, 6) is -0.313. The van der Waals surface area contributed by atoms with Gasteiger partial charge in [0.2, 0.25) is 0 Å². The zero-order valence-electron chi connectivity index (χ0n) is 12.5. The van der Waals surface area contributed by atoms with Crippen molar-refractivity contribution in [3.63, 3.8) is 0 Å². The molecule has 0 fully saturated rings. The summed E-state index contributed by atoms with van der Waals surface area (Å²) in [5, 5.41) is 7.56. The number of esters is 1. The Morgan fingerprint density at radius 3 is 2.90 bits per heavy atom. The Morgan fingerprint density at radius 1 is 1.38 bits per heavy atom. The van der Waals surface area contributed by atoms with E-state index < -0.39 is 0 Å². The highest BCUT2D eigenvalue weighted by Gasteiger charge is 2.13. The maximum Gasteiger partial charge on any atom is 0.309 e. The number of nitrogens with one attached hydrogen (secondary N) is 1. The number of benzene rings is 1. The van der Waals surface area contributed by atoms with Crippen molar-refractivity contribution >= 4 is 5.97 Å². The van der Waals surface area contributed by atoms with Gasteiger partial charge in [0.15, 0.2) is 0 Å². The summed E-state index contributed by atoms with van der Waals surface area (Å²) in [6.07, 6.45) is 3.67. The molecule has 2 aromatic rings. The molecule has 5 nitrogen and oxygen atoms in total. The lowest BCUT2D eigenvalue weighted by atomic mass is 10.1. The zero-order chi connectivity index (χ0) is 15.1. The maximum absolute atomic E-state index is 11.6. The molecule has 0 saturated heterocycles. The molecule has 1 atom stereocenters. The molecule has 1 unspecified atom stereocenters. The zero-order valence-corrected chi connectivity index (χ0v) is 12.5. The second-order valence-corrected chi connectivity index (χ2v) is 4.86. The van der Waals surface area contributed by atoms with Gasteiger partial charge in [0.1, 0.15) is 0 Å². The van der Waals surface area contributed by atoms with E-state index in [0.29, 0.717) is 19.7 Å². The maximum atomic E-state index is 11.6. The van der Waals surface area contributed by atoms with Crippen LogP contribution in [0.4, 0.5) is 0 Å². The molecule has 0 aliphatic heterocycles. The largest absolute Gasteiger partial charge is 0.466 e. The molecule has 5 heteroatoms. The van der Waals surface area contributed by atoms with Crippen molar-refractivity contribution in [3.05, 3.63) is 48.3 Å². The van der Waals surface area contributed by atoms with Crippen molar-refractivity contribution in [2.75, 3.05) is 13.2 Å². The molecule has 0 radical (unpaired) electrons. The third-order valence-electron chi connectivity index (χ3n) is 3.20. The molecule has 0 saturated carbocycles. The van der Waals surface area contributed by atoms with E-state index in [2.05, 4.69) is 16.5 Å². The minimum atomic E-state index is -0.162. The summed E-state index contributed by atoms with van der Waals surface area (Å²) in [5.41, 5.74) is 2.18. The van der Waals surface area contributed by atoms with Crippen LogP contribution in [0.25, 0.3) is 5.69 Å². The second kappa shape index (κ2) is 7.59. The predicted octanol–water partition coefficient (Wildman–Crippen LogP) is 2.16. The molecule has 2 rings (SSSR count). The van der Waals surface area contributed by atoms with Crippen LogP contribution in [-0.4, -0.2) is 28.9 Å². The van der Waals surface area contributed by atoms with Crippen molar-refractivity contribution in [1.82, 2.24) is 15.1 Å². The molecule has 0 spiro atoms. The van der Waals surface area contributed by atoms with Crippen LogP contribution < -0.4 is 5.32 Å². The van der Waals surface area contributed by atoms with Gasteiger partial charge in [-0.05, 0) is 24.6 Å². The Hall–Kier alpha value is -2.14. The van der Waals surface area contributed by atoms with E-state index in [4.69, 9.17) is 4.74 Å². The monoisotopic (exact) mass is 287 g/mol. The Kier molecular flexibility index (Phi) is 5.51. The van der Waals surface area contributed by atoms with Crippen LogP contribution in [0.15, 0.2) is 42.7 Å². The van der Waals surface area contributed by atoms with Crippen LogP contribution >= 0.6 is 0 Å². The van der Waals surface area contributed by atoms with E-state index in [9.17, 15) is 4.79 Å². The van der Waals surface area contributed by atoms with Crippen molar-refractivity contribution in [2.45, 2.75) is 20.4 Å². The van der Waals surface area contributed by atoms with Gasteiger partial charge in [-0.3, -0.25) is 4.79 Å². The molecular formula is C16H21N3O2. The van der Waals surface area contributed by atoms with Crippen LogP contribution in [-0.2, 0) is 16.1 Å². The highest BCUT2D eigenvalue weighted by atomic mass is 16.5.